The molecule has 7 heteroatoms. The number of urea groups is 1. The molecule has 0 fully saturated rings. The number of carbonyl (C=O) groups is 3. The number of rotatable bonds is 6. The van der Waals surface area contributed by atoms with Crippen LogP contribution in [0.3, 0.4) is 0 Å². The molecule has 3 N–H and O–H groups in total. The second kappa shape index (κ2) is 8.85. The van der Waals surface area contributed by atoms with Gasteiger partial charge in [0.05, 0.1) is 0 Å². The van der Waals surface area contributed by atoms with Gasteiger partial charge in [-0.25, -0.2) is 4.79 Å². The lowest BCUT2D eigenvalue weighted by molar-refractivity contribution is -0.156. The lowest BCUT2D eigenvalue weighted by Gasteiger charge is -2.17. The van der Waals surface area contributed by atoms with Gasteiger partial charge in [-0.15, -0.1) is 0 Å². The van der Waals surface area contributed by atoms with Gasteiger partial charge in [-0.3, -0.25) is 14.9 Å². The number of carbonyl (C=O) groups excluding carboxylic acids is 3. The summed E-state index contributed by atoms with van der Waals surface area (Å²) >= 11 is 0. The Morgan fingerprint density at radius 3 is 2.50 bits per heavy atom. The summed E-state index contributed by atoms with van der Waals surface area (Å²) in [6.07, 6.45) is 1.25. The number of esters is 1. The SMILES string of the molecule is CNC(=O)NC(=O)[C@H](OC(=O)CCc1c[nH]c2ccccc12)c1ccccc1. The Morgan fingerprint density at radius 1 is 1.04 bits per heavy atom. The Balaban J connectivity index is 1.68. The van der Waals surface area contributed by atoms with Crippen molar-refractivity contribution < 1.29 is 19.1 Å². The summed E-state index contributed by atoms with van der Waals surface area (Å²) in [4.78, 5) is 39.4. The number of para-hydroxylation sites is 1. The number of fused-ring (bicyclic) bond motifs is 1. The first-order valence-electron chi connectivity index (χ1n) is 8.90. The third kappa shape index (κ3) is 4.56. The summed E-state index contributed by atoms with van der Waals surface area (Å²) in [5, 5.41) is 5.51. The molecule has 3 amide bonds. The van der Waals surface area contributed by atoms with Gasteiger partial charge < -0.3 is 15.0 Å². The summed E-state index contributed by atoms with van der Waals surface area (Å²) in [6, 6.07) is 15.7. The summed E-state index contributed by atoms with van der Waals surface area (Å²) < 4.78 is 5.41. The average molecular weight is 379 g/mol. The summed E-state index contributed by atoms with van der Waals surface area (Å²) in [5.41, 5.74) is 2.49. The molecular weight excluding hydrogens is 358 g/mol. The number of hydrogen-bond acceptors (Lipinski definition) is 4. The zero-order valence-electron chi connectivity index (χ0n) is 15.4. The molecule has 0 unspecified atom stereocenters. The molecule has 1 heterocycles. The van der Waals surface area contributed by atoms with Crippen LogP contribution >= 0.6 is 0 Å². The molecule has 28 heavy (non-hydrogen) atoms. The predicted octanol–water partition coefficient (Wildman–Crippen LogP) is 2.84. The van der Waals surface area contributed by atoms with Gasteiger partial charge in [-0.05, 0) is 18.1 Å². The standard InChI is InChI=1S/C21H21N3O4/c1-22-21(27)24-20(26)19(14-7-3-2-4-8-14)28-18(25)12-11-15-13-23-17-10-6-5-9-16(15)17/h2-10,13,19,23H,11-12H2,1H3,(H2,22,24,26,27)/t19-/m1/s1. The fourth-order valence-corrected chi connectivity index (χ4v) is 2.91. The van der Waals surface area contributed by atoms with E-state index >= 15 is 0 Å². The number of aromatic nitrogens is 1. The lowest BCUT2D eigenvalue weighted by atomic mass is 10.1. The fourth-order valence-electron chi connectivity index (χ4n) is 2.91. The first kappa shape index (κ1) is 19.2. The van der Waals surface area contributed by atoms with Gasteiger partial charge in [0.2, 0.25) is 6.10 Å². The van der Waals surface area contributed by atoms with Crippen molar-refractivity contribution in [1.82, 2.24) is 15.6 Å². The Morgan fingerprint density at radius 2 is 1.75 bits per heavy atom. The highest BCUT2D eigenvalue weighted by Gasteiger charge is 2.26. The van der Waals surface area contributed by atoms with Crippen LogP contribution in [0.4, 0.5) is 4.79 Å². The Bertz CT molecular complexity index is 981. The van der Waals surface area contributed by atoms with Crippen LogP contribution in [0, 0.1) is 0 Å². The molecule has 2 aromatic carbocycles. The molecule has 0 saturated heterocycles. The van der Waals surface area contributed by atoms with E-state index in [1.54, 1.807) is 30.3 Å². The first-order chi connectivity index (χ1) is 13.6. The Hall–Kier alpha value is -3.61. The van der Waals surface area contributed by atoms with Crippen LogP contribution in [0.15, 0.2) is 60.8 Å². The fraction of sp³-hybridized carbons (Fsp3) is 0.190. The molecule has 0 aliphatic rings. The first-order valence-corrected chi connectivity index (χ1v) is 8.90. The Labute approximate surface area is 162 Å². The number of aromatic amines is 1. The van der Waals surface area contributed by atoms with Crippen molar-refractivity contribution in [3.05, 3.63) is 71.9 Å². The van der Waals surface area contributed by atoms with Crippen LogP contribution in [-0.4, -0.2) is 29.9 Å². The molecule has 144 valence electrons. The summed E-state index contributed by atoms with van der Waals surface area (Å²) in [6.45, 7) is 0. The molecule has 0 aliphatic carbocycles. The second-order valence-electron chi connectivity index (χ2n) is 6.21. The number of nitrogens with one attached hydrogen (secondary N) is 3. The molecule has 0 radical (unpaired) electrons. The topological polar surface area (TPSA) is 100 Å². The van der Waals surface area contributed by atoms with Gasteiger partial charge in [0.1, 0.15) is 0 Å². The zero-order valence-corrected chi connectivity index (χ0v) is 15.4. The second-order valence-corrected chi connectivity index (χ2v) is 6.21. The minimum atomic E-state index is -1.20. The molecule has 0 bridgehead atoms. The number of hydrogen-bond donors (Lipinski definition) is 3. The third-order valence-corrected chi connectivity index (χ3v) is 4.33. The Kier molecular flexibility index (Phi) is 6.06. The van der Waals surface area contributed by atoms with Crippen LogP contribution < -0.4 is 10.6 Å². The number of ether oxygens (including phenoxy) is 1. The lowest BCUT2D eigenvalue weighted by Crippen LogP contribution is -2.41. The number of aryl methyl sites for hydroxylation is 1. The van der Waals surface area contributed by atoms with Crippen molar-refractivity contribution in [2.75, 3.05) is 7.05 Å². The minimum Gasteiger partial charge on any atom is -0.447 e. The van der Waals surface area contributed by atoms with Gasteiger partial charge in [0.25, 0.3) is 5.91 Å². The van der Waals surface area contributed by atoms with Crippen molar-refractivity contribution in [2.45, 2.75) is 18.9 Å². The third-order valence-electron chi connectivity index (χ3n) is 4.33. The normalized spacial score (nSPS) is 11.6. The molecule has 3 aromatic rings. The average Bonchev–Trinajstić information content (AvgIpc) is 3.14. The van der Waals surface area contributed by atoms with E-state index in [0.717, 1.165) is 16.5 Å². The highest BCUT2D eigenvalue weighted by atomic mass is 16.5. The van der Waals surface area contributed by atoms with Crippen LogP contribution in [0.2, 0.25) is 0 Å². The van der Waals surface area contributed by atoms with Crippen molar-refractivity contribution in [1.29, 1.82) is 0 Å². The summed E-state index contributed by atoms with van der Waals surface area (Å²) in [7, 11) is 1.40. The van der Waals surface area contributed by atoms with Crippen LogP contribution in [0.5, 0.6) is 0 Å². The monoisotopic (exact) mass is 379 g/mol. The largest absolute Gasteiger partial charge is 0.447 e. The van der Waals surface area contributed by atoms with Gasteiger partial charge in [-0.1, -0.05) is 48.5 Å². The van der Waals surface area contributed by atoms with Gasteiger partial charge in [0.15, 0.2) is 0 Å². The molecule has 0 saturated carbocycles. The van der Waals surface area contributed by atoms with Crippen molar-refractivity contribution in [2.24, 2.45) is 0 Å². The number of imide groups is 1. The van der Waals surface area contributed by atoms with Crippen LogP contribution in [0.1, 0.15) is 23.7 Å². The molecule has 0 aliphatic heterocycles. The van der Waals surface area contributed by atoms with E-state index in [4.69, 9.17) is 4.74 Å². The predicted molar refractivity (Wildman–Crippen MR) is 104 cm³/mol. The zero-order chi connectivity index (χ0) is 19.9. The smallest absolute Gasteiger partial charge is 0.321 e. The van der Waals surface area contributed by atoms with E-state index in [-0.39, 0.29) is 6.42 Å². The molecular formula is C21H21N3O4. The number of amides is 3. The van der Waals surface area contributed by atoms with E-state index in [0.29, 0.717) is 12.0 Å². The maximum Gasteiger partial charge on any atom is 0.321 e. The van der Waals surface area contributed by atoms with E-state index in [2.05, 4.69) is 15.6 Å². The number of benzene rings is 2. The molecule has 0 spiro atoms. The van der Waals surface area contributed by atoms with Crippen molar-refractivity contribution in [3.63, 3.8) is 0 Å². The molecule has 1 aromatic heterocycles. The highest BCUT2D eigenvalue weighted by molar-refractivity contribution is 5.97. The van der Waals surface area contributed by atoms with Crippen LogP contribution in [0.25, 0.3) is 10.9 Å². The highest BCUT2D eigenvalue weighted by Crippen LogP contribution is 2.21. The molecule has 1 atom stereocenters. The van der Waals surface area contributed by atoms with E-state index < -0.39 is 24.0 Å². The van der Waals surface area contributed by atoms with Gasteiger partial charge >= 0.3 is 12.0 Å². The van der Waals surface area contributed by atoms with Crippen molar-refractivity contribution in [3.8, 4) is 0 Å². The van der Waals surface area contributed by atoms with Gasteiger partial charge in [0, 0.05) is 36.1 Å². The van der Waals surface area contributed by atoms with E-state index in [1.165, 1.54) is 7.05 Å². The maximum absolute atomic E-state index is 12.4. The van der Waals surface area contributed by atoms with E-state index in [1.807, 2.05) is 30.5 Å². The maximum atomic E-state index is 12.4. The van der Waals surface area contributed by atoms with Crippen molar-refractivity contribution >= 4 is 28.8 Å². The van der Waals surface area contributed by atoms with E-state index in [9.17, 15) is 14.4 Å². The summed E-state index contributed by atoms with van der Waals surface area (Å²) in [5.74, 6) is -1.22. The molecule has 3 rings (SSSR count). The van der Waals surface area contributed by atoms with Crippen LogP contribution in [-0.2, 0) is 20.7 Å². The van der Waals surface area contributed by atoms with Gasteiger partial charge in [-0.2, -0.15) is 0 Å². The number of H-pyrrole nitrogens is 1. The minimum absolute atomic E-state index is 0.110. The quantitative estimate of drug-likeness (QED) is 0.573. The molecule has 7 nitrogen and oxygen atoms in total.